The minimum atomic E-state index is -4.44. The zero-order valence-corrected chi connectivity index (χ0v) is 17.4. The first kappa shape index (κ1) is 22.1. The van der Waals surface area contributed by atoms with Crippen LogP contribution in [0.2, 0.25) is 0 Å². The second-order valence-corrected chi connectivity index (χ2v) is 9.54. The van der Waals surface area contributed by atoms with Gasteiger partial charge in [0.1, 0.15) is 11.5 Å². The lowest BCUT2D eigenvalue weighted by Crippen LogP contribution is -2.44. The van der Waals surface area contributed by atoms with Crippen molar-refractivity contribution in [1.29, 1.82) is 0 Å². The molecule has 2 aliphatic heterocycles. The van der Waals surface area contributed by atoms with Gasteiger partial charge in [-0.2, -0.15) is 13.2 Å². The molecule has 1 aromatic rings. The van der Waals surface area contributed by atoms with Gasteiger partial charge in [-0.1, -0.05) is 20.8 Å². The first-order valence-electron chi connectivity index (χ1n) is 10.2. The smallest absolute Gasteiger partial charge is 0.381 e. The van der Waals surface area contributed by atoms with E-state index in [2.05, 4.69) is 36.1 Å². The predicted molar refractivity (Wildman–Crippen MR) is 102 cm³/mol. The summed E-state index contributed by atoms with van der Waals surface area (Å²) in [6.45, 7) is 9.69. The second kappa shape index (κ2) is 8.26. The van der Waals surface area contributed by atoms with Gasteiger partial charge in [0, 0.05) is 38.3 Å². The van der Waals surface area contributed by atoms with E-state index in [1.54, 1.807) is 0 Å². The largest absolute Gasteiger partial charge is 0.432 e. The van der Waals surface area contributed by atoms with Crippen LogP contribution in [-0.2, 0) is 22.3 Å². The standard InChI is InChI=1S/C20H31F3N4O2/c1-18(2,3)4-7-24-17(28)14-11-27(13-19(14)5-8-29-9-6-19)12-16-25-10-15(26-16)20(21,22)23/h10,14H,4-9,11-13H2,1-3H3,(H,24,28)(H,25,26)/t14-/m1/s1. The minimum Gasteiger partial charge on any atom is -0.381 e. The third-order valence-corrected chi connectivity index (χ3v) is 6.00. The maximum atomic E-state index is 13.0. The number of halogens is 3. The average molecular weight is 416 g/mol. The van der Waals surface area contributed by atoms with Gasteiger partial charge in [-0.25, -0.2) is 4.98 Å². The van der Waals surface area contributed by atoms with Crippen LogP contribution in [0.15, 0.2) is 6.20 Å². The molecule has 2 fully saturated rings. The van der Waals surface area contributed by atoms with Gasteiger partial charge in [-0.3, -0.25) is 9.69 Å². The number of nitrogens with zero attached hydrogens (tertiary/aromatic N) is 2. The molecule has 29 heavy (non-hydrogen) atoms. The maximum absolute atomic E-state index is 13.0. The zero-order valence-electron chi connectivity index (χ0n) is 17.4. The molecule has 3 rings (SSSR count). The maximum Gasteiger partial charge on any atom is 0.432 e. The summed E-state index contributed by atoms with van der Waals surface area (Å²) in [5.74, 6) is 0.116. The van der Waals surface area contributed by atoms with Crippen molar-refractivity contribution in [2.45, 2.75) is 52.8 Å². The van der Waals surface area contributed by atoms with Gasteiger partial charge in [0.2, 0.25) is 5.91 Å². The van der Waals surface area contributed by atoms with Crippen LogP contribution in [0, 0.1) is 16.7 Å². The molecule has 0 radical (unpaired) electrons. The number of hydrogen-bond donors (Lipinski definition) is 2. The number of aromatic amines is 1. The van der Waals surface area contributed by atoms with E-state index in [1.807, 2.05) is 4.90 Å². The van der Waals surface area contributed by atoms with Gasteiger partial charge in [-0.05, 0) is 24.7 Å². The molecule has 0 aromatic carbocycles. The van der Waals surface area contributed by atoms with Crippen molar-refractivity contribution in [1.82, 2.24) is 20.2 Å². The molecular formula is C20H31F3N4O2. The van der Waals surface area contributed by atoms with Crippen LogP contribution < -0.4 is 5.32 Å². The van der Waals surface area contributed by atoms with Crippen molar-refractivity contribution in [2.24, 2.45) is 16.7 Å². The van der Waals surface area contributed by atoms with E-state index in [0.717, 1.165) is 25.5 Å². The molecule has 6 nitrogen and oxygen atoms in total. The Morgan fingerprint density at radius 3 is 2.62 bits per heavy atom. The van der Waals surface area contributed by atoms with Crippen molar-refractivity contribution in [3.8, 4) is 0 Å². The molecular weight excluding hydrogens is 385 g/mol. The lowest BCUT2D eigenvalue weighted by atomic mass is 9.71. The summed E-state index contributed by atoms with van der Waals surface area (Å²) in [4.78, 5) is 21.3. The normalized spacial score (nSPS) is 22.9. The number of rotatable bonds is 5. The Morgan fingerprint density at radius 1 is 1.34 bits per heavy atom. The Balaban J connectivity index is 1.67. The quantitative estimate of drug-likeness (QED) is 0.773. The summed E-state index contributed by atoms with van der Waals surface area (Å²) >= 11 is 0. The number of carbonyl (C=O) groups is 1. The van der Waals surface area contributed by atoms with Crippen LogP contribution in [-0.4, -0.2) is 53.6 Å². The van der Waals surface area contributed by atoms with E-state index in [-0.39, 0.29) is 35.0 Å². The summed E-state index contributed by atoms with van der Waals surface area (Å²) in [6, 6.07) is 0. The van der Waals surface area contributed by atoms with E-state index in [0.29, 0.717) is 32.8 Å². The Hall–Kier alpha value is -1.61. The fraction of sp³-hybridized carbons (Fsp3) is 0.800. The van der Waals surface area contributed by atoms with Crippen molar-refractivity contribution >= 4 is 5.91 Å². The molecule has 1 aromatic heterocycles. The topological polar surface area (TPSA) is 70.2 Å². The number of aromatic nitrogens is 2. The summed E-state index contributed by atoms with van der Waals surface area (Å²) in [7, 11) is 0. The highest BCUT2D eigenvalue weighted by Gasteiger charge is 2.50. The first-order valence-corrected chi connectivity index (χ1v) is 10.2. The molecule has 1 amide bonds. The number of likely N-dealkylation sites (tertiary alicyclic amines) is 1. The zero-order chi connectivity index (χ0) is 21.3. The number of nitrogens with one attached hydrogen (secondary N) is 2. The third-order valence-electron chi connectivity index (χ3n) is 6.00. The van der Waals surface area contributed by atoms with Gasteiger partial charge in [0.15, 0.2) is 0 Å². The predicted octanol–water partition coefficient (Wildman–Crippen LogP) is 3.21. The van der Waals surface area contributed by atoms with E-state index in [1.165, 1.54) is 0 Å². The molecule has 164 valence electrons. The van der Waals surface area contributed by atoms with Crippen LogP contribution in [0.5, 0.6) is 0 Å². The van der Waals surface area contributed by atoms with Gasteiger partial charge in [-0.15, -0.1) is 0 Å². The molecule has 2 N–H and O–H groups in total. The lowest BCUT2D eigenvalue weighted by Gasteiger charge is -2.37. The Kier molecular flexibility index (Phi) is 6.29. The van der Waals surface area contributed by atoms with Gasteiger partial charge >= 0.3 is 6.18 Å². The number of alkyl halides is 3. The number of carbonyl (C=O) groups excluding carboxylic acids is 1. The fourth-order valence-corrected chi connectivity index (χ4v) is 4.32. The van der Waals surface area contributed by atoms with Crippen molar-refractivity contribution in [2.75, 3.05) is 32.8 Å². The first-order chi connectivity index (χ1) is 13.5. The van der Waals surface area contributed by atoms with Crippen LogP contribution in [0.1, 0.15) is 51.6 Å². The van der Waals surface area contributed by atoms with Crippen molar-refractivity contribution in [3.63, 3.8) is 0 Å². The Labute approximate surface area is 169 Å². The van der Waals surface area contributed by atoms with Crippen LogP contribution >= 0.6 is 0 Å². The number of imidazole rings is 1. The van der Waals surface area contributed by atoms with Crippen LogP contribution in [0.4, 0.5) is 13.2 Å². The van der Waals surface area contributed by atoms with Crippen LogP contribution in [0.25, 0.3) is 0 Å². The highest BCUT2D eigenvalue weighted by atomic mass is 19.4. The van der Waals surface area contributed by atoms with E-state index in [9.17, 15) is 18.0 Å². The summed E-state index contributed by atoms with van der Waals surface area (Å²) in [5, 5.41) is 3.08. The highest BCUT2D eigenvalue weighted by molar-refractivity contribution is 5.80. The van der Waals surface area contributed by atoms with E-state index in [4.69, 9.17) is 4.74 Å². The van der Waals surface area contributed by atoms with Crippen molar-refractivity contribution in [3.05, 3.63) is 17.7 Å². The van der Waals surface area contributed by atoms with E-state index < -0.39 is 11.9 Å². The molecule has 1 spiro atoms. The molecule has 9 heteroatoms. The number of amides is 1. The summed E-state index contributed by atoms with van der Waals surface area (Å²) in [6.07, 6.45) is -1.16. The van der Waals surface area contributed by atoms with Crippen LogP contribution in [0.3, 0.4) is 0 Å². The highest BCUT2D eigenvalue weighted by Crippen LogP contribution is 2.44. The molecule has 0 saturated carbocycles. The third kappa shape index (κ3) is 5.51. The van der Waals surface area contributed by atoms with Crippen molar-refractivity contribution < 1.29 is 22.7 Å². The molecule has 2 saturated heterocycles. The Bertz CT molecular complexity index is 705. The summed E-state index contributed by atoms with van der Waals surface area (Å²) in [5.41, 5.74) is -0.895. The van der Waals surface area contributed by atoms with Gasteiger partial charge < -0.3 is 15.0 Å². The lowest BCUT2D eigenvalue weighted by molar-refractivity contribution is -0.141. The molecule has 0 bridgehead atoms. The molecule has 0 aliphatic carbocycles. The van der Waals surface area contributed by atoms with E-state index >= 15 is 0 Å². The molecule has 0 unspecified atom stereocenters. The summed E-state index contributed by atoms with van der Waals surface area (Å²) < 4.78 is 44.0. The fourth-order valence-electron chi connectivity index (χ4n) is 4.32. The monoisotopic (exact) mass is 416 g/mol. The minimum absolute atomic E-state index is 0.0362. The van der Waals surface area contributed by atoms with Gasteiger partial charge in [0.05, 0.1) is 18.7 Å². The Morgan fingerprint density at radius 2 is 2.03 bits per heavy atom. The van der Waals surface area contributed by atoms with Gasteiger partial charge in [0.25, 0.3) is 0 Å². The molecule has 3 heterocycles. The number of ether oxygens (including phenoxy) is 1. The average Bonchev–Trinajstić information content (AvgIpc) is 3.20. The molecule has 2 aliphatic rings. The number of hydrogen-bond acceptors (Lipinski definition) is 4. The molecule has 1 atom stereocenters. The second-order valence-electron chi connectivity index (χ2n) is 9.54. The SMILES string of the molecule is CC(C)(C)CCNC(=O)[C@H]1CN(Cc2ncc(C(F)(F)F)[nH]2)CC12CCOCC2. The number of H-pyrrole nitrogens is 1.